The molecule has 0 bridgehead atoms. The molecule has 0 aliphatic heterocycles. The Kier molecular flexibility index (Phi) is 12.4. The van der Waals surface area contributed by atoms with E-state index in [2.05, 4.69) is 167 Å². The van der Waals surface area contributed by atoms with Crippen LogP contribution in [-0.2, 0) is 26.5 Å². The van der Waals surface area contributed by atoms with Crippen molar-refractivity contribution in [1.29, 1.82) is 0 Å². The second-order valence-corrected chi connectivity index (χ2v) is 22.8. The molecular weight excluding hydrogens is 931 g/mol. The van der Waals surface area contributed by atoms with Crippen LogP contribution in [0.15, 0.2) is 114 Å². The van der Waals surface area contributed by atoms with E-state index < -0.39 is 8.07 Å². The third-order valence-electron chi connectivity index (χ3n) is 11.1. The van der Waals surface area contributed by atoms with Crippen molar-refractivity contribution in [2.24, 2.45) is 5.92 Å². The molecule has 4 aromatic carbocycles. The van der Waals surface area contributed by atoms with Gasteiger partial charge in [-0.15, -0.1) is 42.0 Å². The minimum atomic E-state index is -1.34. The molecule has 0 spiro atoms. The fraction of sp³-hybridized carbons (Fsp3) is 0.269. The van der Waals surface area contributed by atoms with Crippen LogP contribution in [0.5, 0.6) is 0 Å². The quantitative estimate of drug-likeness (QED) is 0.112. The molecule has 8 heteroatoms. The maximum atomic E-state index is 6.07. The number of hydrogen-bond donors (Lipinski definition) is 0. The van der Waals surface area contributed by atoms with Crippen LogP contribution in [0.1, 0.15) is 75.6 Å². The van der Waals surface area contributed by atoms with Gasteiger partial charge in [0, 0.05) is 43.6 Å². The van der Waals surface area contributed by atoms with Crippen molar-refractivity contribution < 1.29 is 24.5 Å². The van der Waals surface area contributed by atoms with Crippen LogP contribution in [0.4, 0.5) is 0 Å². The van der Waals surface area contributed by atoms with Gasteiger partial charge < -0.3 is 19.0 Å². The third-order valence-corrected chi connectivity index (χ3v) is 13.2. The van der Waals surface area contributed by atoms with Gasteiger partial charge in [0.2, 0.25) is 0 Å². The van der Waals surface area contributed by atoms with Gasteiger partial charge in [-0.25, -0.2) is 0 Å². The SMILES string of the molecule is CC(C)Cc1cc(-c2[c-]cccc2)ncc1[Si](C)(C)C.Cc1cccc2oc3n[c-]c(-c4nc5cnccc5n4-c4c(C(C)C)cc5ccccc5c4C(C)C)cc3c12.[Ir]. The molecule has 307 valence electrons. The summed E-state index contributed by atoms with van der Waals surface area (Å²) < 4.78 is 8.38. The third kappa shape index (κ3) is 8.26. The predicted octanol–water partition coefficient (Wildman–Crippen LogP) is 13.2. The van der Waals surface area contributed by atoms with Gasteiger partial charge in [0.25, 0.3) is 0 Å². The standard InChI is InChI=1S/C34H29N4O.C18H24NSi.Ir/c1-19(2)25-15-22-10-6-7-11-24(22)30(20(3)4)32(25)38-28-13-14-35-18-27(28)37-33(38)23-16-26-31-21(5)9-8-12-29(31)39-34(26)36-17-23;1-14(2)11-16-12-17(15-9-7-6-8-10-15)19-13-18(16)20(3,4)5;/h6-16,18-20H,1-5H3;6-9,12-14H,11H2,1-5H3;/q2*-1;. The summed E-state index contributed by atoms with van der Waals surface area (Å²) >= 11 is 0. The number of rotatable bonds is 8. The summed E-state index contributed by atoms with van der Waals surface area (Å²) in [5, 5.41) is 6.07. The van der Waals surface area contributed by atoms with Gasteiger partial charge in [-0.2, -0.15) is 0 Å². The van der Waals surface area contributed by atoms with Gasteiger partial charge in [0.1, 0.15) is 11.3 Å². The van der Waals surface area contributed by atoms with Gasteiger partial charge in [0.05, 0.1) is 31.1 Å². The van der Waals surface area contributed by atoms with Crippen molar-refractivity contribution in [2.45, 2.75) is 86.4 Å². The van der Waals surface area contributed by atoms with Crippen LogP contribution in [0.3, 0.4) is 0 Å². The number of nitrogens with zero attached hydrogens (tertiary/aromatic N) is 5. The normalized spacial score (nSPS) is 11.9. The molecule has 0 N–H and O–H groups in total. The number of aryl methyl sites for hydroxylation is 1. The van der Waals surface area contributed by atoms with Crippen LogP contribution >= 0.6 is 0 Å². The van der Waals surface area contributed by atoms with E-state index in [1.807, 2.05) is 42.7 Å². The molecule has 0 amide bonds. The Morgan fingerprint density at radius 2 is 1.58 bits per heavy atom. The van der Waals surface area contributed by atoms with E-state index in [-0.39, 0.29) is 20.1 Å². The Morgan fingerprint density at radius 1 is 0.800 bits per heavy atom. The Morgan fingerprint density at radius 3 is 2.30 bits per heavy atom. The van der Waals surface area contributed by atoms with Gasteiger partial charge in [-0.05, 0) is 99.2 Å². The summed E-state index contributed by atoms with van der Waals surface area (Å²) in [7, 11) is -1.34. The Balaban J connectivity index is 0.000000220. The zero-order valence-corrected chi connectivity index (χ0v) is 39.7. The number of hydrogen-bond acceptors (Lipinski definition) is 5. The second kappa shape index (κ2) is 17.4. The summed E-state index contributed by atoms with van der Waals surface area (Å²) in [5.74, 6) is 2.06. The van der Waals surface area contributed by atoms with Gasteiger partial charge in [-0.1, -0.05) is 115 Å². The van der Waals surface area contributed by atoms with Crippen LogP contribution < -0.4 is 5.19 Å². The number of pyridine rings is 3. The van der Waals surface area contributed by atoms with E-state index in [4.69, 9.17) is 9.40 Å². The molecule has 6 nitrogen and oxygen atoms in total. The van der Waals surface area contributed by atoms with Crippen molar-refractivity contribution in [1.82, 2.24) is 24.5 Å². The molecule has 1 radical (unpaired) electrons. The fourth-order valence-corrected chi connectivity index (χ4v) is 10.0. The number of aromatic nitrogens is 5. The molecule has 0 saturated carbocycles. The van der Waals surface area contributed by atoms with Crippen LogP contribution in [0, 0.1) is 25.1 Å². The fourth-order valence-electron chi connectivity index (χ4n) is 8.44. The van der Waals surface area contributed by atoms with Crippen LogP contribution in [-0.4, -0.2) is 32.6 Å². The molecule has 9 rings (SSSR count). The monoisotopic (exact) mass is 984 g/mol. The average molecular weight is 984 g/mol. The molecule has 0 saturated heterocycles. The summed E-state index contributed by atoms with van der Waals surface area (Å²) in [4.78, 5) is 18.9. The topological polar surface area (TPSA) is 69.6 Å². The Labute approximate surface area is 368 Å². The van der Waals surface area contributed by atoms with E-state index in [9.17, 15) is 0 Å². The maximum absolute atomic E-state index is 6.07. The Hall–Kier alpha value is -5.27. The first-order valence-electron chi connectivity index (χ1n) is 20.9. The summed E-state index contributed by atoms with van der Waals surface area (Å²) in [6, 6.07) is 34.9. The molecule has 5 heterocycles. The van der Waals surface area contributed by atoms with E-state index in [1.165, 1.54) is 38.3 Å². The minimum Gasteiger partial charge on any atom is -0.483 e. The van der Waals surface area contributed by atoms with Gasteiger partial charge >= 0.3 is 0 Å². The van der Waals surface area contributed by atoms with Crippen molar-refractivity contribution in [2.75, 3.05) is 0 Å². The molecule has 0 atom stereocenters. The Bertz CT molecular complexity index is 2960. The number of imidazole rings is 1. The number of fused-ring (bicyclic) bond motifs is 5. The van der Waals surface area contributed by atoms with Gasteiger partial charge in [0.15, 0.2) is 0 Å². The van der Waals surface area contributed by atoms with Crippen molar-refractivity contribution in [3.05, 3.63) is 144 Å². The van der Waals surface area contributed by atoms with E-state index in [1.54, 1.807) is 0 Å². The maximum Gasteiger partial charge on any atom is 0.141 e. The molecule has 60 heavy (non-hydrogen) atoms. The molecule has 0 fully saturated rings. The zero-order chi connectivity index (χ0) is 41.6. The van der Waals surface area contributed by atoms with Crippen molar-refractivity contribution in [3.8, 4) is 28.3 Å². The first kappa shape index (κ1) is 42.8. The predicted molar refractivity (Wildman–Crippen MR) is 249 cm³/mol. The number of benzene rings is 4. The van der Waals surface area contributed by atoms with Crippen LogP contribution in [0.25, 0.3) is 72.2 Å². The molecule has 0 aliphatic rings. The zero-order valence-electron chi connectivity index (χ0n) is 36.3. The summed E-state index contributed by atoms with van der Waals surface area (Å²) in [5.41, 5.74) is 12.6. The van der Waals surface area contributed by atoms with E-state index in [0.29, 0.717) is 23.5 Å². The molecule has 5 aromatic heterocycles. The summed E-state index contributed by atoms with van der Waals surface area (Å²) in [6.45, 7) is 22.9. The van der Waals surface area contributed by atoms with Gasteiger partial charge in [-0.3, -0.25) is 9.97 Å². The van der Waals surface area contributed by atoms with Crippen LogP contribution in [0.2, 0.25) is 19.6 Å². The average Bonchev–Trinajstić information content (AvgIpc) is 3.79. The van der Waals surface area contributed by atoms with Crippen molar-refractivity contribution >= 4 is 57.1 Å². The van der Waals surface area contributed by atoms with E-state index >= 15 is 0 Å². The molecule has 0 aliphatic carbocycles. The molecule has 9 aromatic rings. The largest absolute Gasteiger partial charge is 0.483 e. The molecular formula is C52H53IrN5OSi-2. The molecule has 0 unspecified atom stereocenters. The minimum absolute atomic E-state index is 0. The smallest absolute Gasteiger partial charge is 0.141 e. The summed E-state index contributed by atoms with van der Waals surface area (Å²) in [6.07, 6.45) is 10.2. The first-order chi connectivity index (χ1) is 28.3. The van der Waals surface area contributed by atoms with Crippen molar-refractivity contribution in [3.63, 3.8) is 0 Å². The first-order valence-corrected chi connectivity index (χ1v) is 24.4. The van der Waals surface area contributed by atoms with E-state index in [0.717, 1.165) is 62.0 Å². The number of furan rings is 1. The second-order valence-electron chi connectivity index (χ2n) is 17.8.